The maximum absolute atomic E-state index is 6.07. The van der Waals surface area contributed by atoms with Crippen molar-refractivity contribution in [2.24, 2.45) is 5.92 Å². The fourth-order valence-electron chi connectivity index (χ4n) is 3.65. The van der Waals surface area contributed by atoms with Gasteiger partial charge in [0, 0.05) is 18.9 Å². The zero-order valence-corrected chi connectivity index (χ0v) is 16.2. The van der Waals surface area contributed by atoms with Crippen molar-refractivity contribution in [1.82, 2.24) is 9.88 Å². The van der Waals surface area contributed by atoms with Gasteiger partial charge in [-0.2, -0.15) is 0 Å². The second-order valence-corrected chi connectivity index (χ2v) is 7.49. The highest BCUT2D eigenvalue weighted by molar-refractivity contribution is 5.55. The zero-order valence-electron chi connectivity index (χ0n) is 16.2. The highest BCUT2D eigenvalue weighted by atomic mass is 16.5. The molecule has 2 atom stereocenters. The summed E-state index contributed by atoms with van der Waals surface area (Å²) in [6.07, 6.45) is 6.08. The number of ether oxygens (including phenoxy) is 1. The zero-order chi connectivity index (χ0) is 18.4. The standard InChI is InChI=1S/C21H31N3O2/c1-17(2)15-25-16-19(23-12-6-7-13-23)18(3)24(21-10-8-14-26-21)20-9-4-5-11-22-20/h4-5,8-11,14,17-19H,6-7,12-13,15-16H2,1-3H3. The van der Waals surface area contributed by atoms with Crippen molar-refractivity contribution in [3.05, 3.63) is 42.8 Å². The Bertz CT molecular complexity index is 624. The number of nitrogens with zero attached hydrogens (tertiary/aromatic N) is 3. The molecule has 1 saturated heterocycles. The fourth-order valence-corrected chi connectivity index (χ4v) is 3.65. The number of hydrogen-bond acceptors (Lipinski definition) is 5. The summed E-state index contributed by atoms with van der Waals surface area (Å²) in [6.45, 7) is 10.4. The molecule has 1 aliphatic rings. The lowest BCUT2D eigenvalue weighted by atomic mass is 10.1. The van der Waals surface area contributed by atoms with Crippen LogP contribution in [0.25, 0.3) is 0 Å². The van der Waals surface area contributed by atoms with Crippen molar-refractivity contribution in [2.75, 3.05) is 31.2 Å². The van der Waals surface area contributed by atoms with E-state index in [9.17, 15) is 0 Å². The first-order valence-corrected chi connectivity index (χ1v) is 9.72. The van der Waals surface area contributed by atoms with Gasteiger partial charge in [-0.1, -0.05) is 19.9 Å². The van der Waals surface area contributed by atoms with Crippen molar-refractivity contribution >= 4 is 11.7 Å². The summed E-state index contributed by atoms with van der Waals surface area (Å²) in [4.78, 5) is 9.34. The molecule has 3 heterocycles. The number of likely N-dealkylation sites (tertiary alicyclic amines) is 1. The molecule has 1 aliphatic heterocycles. The number of anilines is 2. The number of furan rings is 1. The predicted molar refractivity (Wildman–Crippen MR) is 105 cm³/mol. The summed E-state index contributed by atoms with van der Waals surface area (Å²) in [5.74, 6) is 2.27. The molecule has 0 spiro atoms. The van der Waals surface area contributed by atoms with E-state index < -0.39 is 0 Å². The molecule has 26 heavy (non-hydrogen) atoms. The van der Waals surface area contributed by atoms with E-state index in [0.29, 0.717) is 12.0 Å². The molecule has 2 unspecified atom stereocenters. The Labute approximate surface area is 157 Å². The van der Waals surface area contributed by atoms with Crippen LogP contribution < -0.4 is 4.90 Å². The minimum Gasteiger partial charge on any atom is -0.448 e. The first-order chi connectivity index (χ1) is 12.7. The third-order valence-corrected chi connectivity index (χ3v) is 4.95. The van der Waals surface area contributed by atoms with Crippen LogP contribution >= 0.6 is 0 Å². The van der Waals surface area contributed by atoms with Gasteiger partial charge in [-0.3, -0.25) is 9.80 Å². The largest absolute Gasteiger partial charge is 0.448 e. The van der Waals surface area contributed by atoms with E-state index in [4.69, 9.17) is 9.15 Å². The third kappa shape index (κ3) is 4.65. The van der Waals surface area contributed by atoms with Crippen molar-refractivity contribution < 1.29 is 9.15 Å². The summed E-state index contributed by atoms with van der Waals surface area (Å²) >= 11 is 0. The van der Waals surface area contributed by atoms with Crippen LogP contribution in [0.15, 0.2) is 47.2 Å². The molecule has 2 aromatic rings. The summed E-state index contributed by atoms with van der Waals surface area (Å²) in [5.41, 5.74) is 0. The molecule has 0 aliphatic carbocycles. The second kappa shape index (κ2) is 9.19. The molecule has 0 bridgehead atoms. The molecule has 2 aromatic heterocycles. The van der Waals surface area contributed by atoms with Crippen molar-refractivity contribution in [3.8, 4) is 0 Å². The van der Waals surface area contributed by atoms with Gasteiger partial charge in [-0.25, -0.2) is 4.98 Å². The first-order valence-electron chi connectivity index (χ1n) is 9.72. The van der Waals surface area contributed by atoms with E-state index in [1.54, 1.807) is 6.26 Å². The lowest BCUT2D eigenvalue weighted by Gasteiger charge is -2.38. The van der Waals surface area contributed by atoms with Crippen LogP contribution in [0.3, 0.4) is 0 Å². The Balaban J connectivity index is 1.84. The summed E-state index contributed by atoms with van der Waals surface area (Å²) in [6, 6.07) is 10.4. The molecular weight excluding hydrogens is 326 g/mol. The molecule has 0 saturated carbocycles. The van der Waals surface area contributed by atoms with Gasteiger partial charge >= 0.3 is 0 Å². The minimum atomic E-state index is 0.182. The summed E-state index contributed by atoms with van der Waals surface area (Å²) in [5, 5.41) is 0. The van der Waals surface area contributed by atoms with Gasteiger partial charge in [-0.05, 0) is 57.0 Å². The maximum atomic E-state index is 6.07. The van der Waals surface area contributed by atoms with Gasteiger partial charge in [0.05, 0.1) is 25.0 Å². The van der Waals surface area contributed by atoms with Crippen LogP contribution in [0.1, 0.15) is 33.6 Å². The van der Waals surface area contributed by atoms with E-state index >= 15 is 0 Å². The predicted octanol–water partition coefficient (Wildman–Crippen LogP) is 4.34. The number of rotatable bonds is 9. The molecule has 0 radical (unpaired) electrons. The van der Waals surface area contributed by atoms with Crippen LogP contribution in [0.2, 0.25) is 0 Å². The average molecular weight is 357 g/mol. The summed E-state index contributed by atoms with van der Waals surface area (Å²) in [7, 11) is 0. The molecule has 0 amide bonds. The van der Waals surface area contributed by atoms with Crippen LogP contribution in [0.4, 0.5) is 11.7 Å². The number of aromatic nitrogens is 1. The minimum absolute atomic E-state index is 0.182. The van der Waals surface area contributed by atoms with Gasteiger partial charge in [0.1, 0.15) is 5.82 Å². The second-order valence-electron chi connectivity index (χ2n) is 7.49. The highest BCUT2D eigenvalue weighted by Crippen LogP contribution is 2.30. The molecule has 5 nitrogen and oxygen atoms in total. The molecule has 0 aromatic carbocycles. The fraction of sp³-hybridized carbons (Fsp3) is 0.571. The Morgan fingerprint density at radius 3 is 2.54 bits per heavy atom. The smallest absolute Gasteiger partial charge is 0.201 e. The van der Waals surface area contributed by atoms with Gasteiger partial charge in [0.2, 0.25) is 5.88 Å². The van der Waals surface area contributed by atoms with E-state index in [1.165, 1.54) is 12.8 Å². The van der Waals surface area contributed by atoms with Crippen molar-refractivity contribution in [2.45, 2.75) is 45.7 Å². The third-order valence-electron chi connectivity index (χ3n) is 4.95. The van der Waals surface area contributed by atoms with Gasteiger partial charge in [0.15, 0.2) is 0 Å². The van der Waals surface area contributed by atoms with Crippen LogP contribution in [0, 0.1) is 5.92 Å². The van der Waals surface area contributed by atoms with Gasteiger partial charge < -0.3 is 9.15 Å². The maximum Gasteiger partial charge on any atom is 0.201 e. The Kier molecular flexibility index (Phi) is 6.69. The Hall–Kier alpha value is -1.85. The molecule has 5 heteroatoms. The molecule has 3 rings (SSSR count). The van der Waals surface area contributed by atoms with E-state index in [0.717, 1.165) is 38.0 Å². The van der Waals surface area contributed by atoms with Gasteiger partial charge in [-0.15, -0.1) is 0 Å². The Morgan fingerprint density at radius 2 is 1.92 bits per heavy atom. The molecule has 0 N–H and O–H groups in total. The summed E-state index contributed by atoms with van der Waals surface area (Å²) < 4.78 is 11.8. The molecule has 142 valence electrons. The van der Waals surface area contributed by atoms with Crippen LogP contribution in [0.5, 0.6) is 0 Å². The molecular formula is C21H31N3O2. The average Bonchev–Trinajstić information content (AvgIpc) is 3.34. The van der Waals surface area contributed by atoms with Gasteiger partial charge in [0.25, 0.3) is 0 Å². The highest BCUT2D eigenvalue weighted by Gasteiger charge is 2.33. The van der Waals surface area contributed by atoms with Crippen LogP contribution in [-0.2, 0) is 4.74 Å². The number of hydrogen-bond donors (Lipinski definition) is 0. The number of pyridine rings is 1. The van der Waals surface area contributed by atoms with E-state index in [2.05, 4.69) is 35.6 Å². The van der Waals surface area contributed by atoms with Crippen LogP contribution in [-0.4, -0.2) is 48.3 Å². The Morgan fingerprint density at radius 1 is 1.12 bits per heavy atom. The monoisotopic (exact) mass is 357 g/mol. The molecule has 1 fully saturated rings. The normalized spacial score (nSPS) is 17.5. The van der Waals surface area contributed by atoms with E-state index in [1.807, 2.05) is 36.5 Å². The SMILES string of the molecule is CC(C)COCC(C(C)N(c1ccccn1)c1ccco1)N1CCCC1. The topological polar surface area (TPSA) is 41.7 Å². The lowest BCUT2D eigenvalue weighted by Crippen LogP contribution is -2.51. The van der Waals surface area contributed by atoms with E-state index in [-0.39, 0.29) is 6.04 Å². The van der Waals surface area contributed by atoms with Crippen molar-refractivity contribution in [1.29, 1.82) is 0 Å². The first kappa shape index (κ1) is 18.9. The van der Waals surface area contributed by atoms with Crippen molar-refractivity contribution in [3.63, 3.8) is 0 Å². The quantitative estimate of drug-likeness (QED) is 0.668. The lowest BCUT2D eigenvalue weighted by molar-refractivity contribution is 0.0467.